The second kappa shape index (κ2) is 14.2. The first-order valence-electron chi connectivity index (χ1n) is 14.6. The fourth-order valence-electron chi connectivity index (χ4n) is 6.11. The molecule has 4 aliphatic rings. The molecule has 1 aliphatic carbocycles. The first kappa shape index (κ1) is 29.4. The van der Waals surface area contributed by atoms with Crippen LogP contribution < -0.4 is 21.3 Å². The molecular formula is C28H43N5O5S. The van der Waals surface area contributed by atoms with E-state index in [4.69, 9.17) is 0 Å². The van der Waals surface area contributed by atoms with Gasteiger partial charge in [0.2, 0.25) is 11.8 Å². The van der Waals surface area contributed by atoms with E-state index in [0.717, 1.165) is 70.0 Å². The topological polar surface area (TPSA) is 137 Å². The van der Waals surface area contributed by atoms with Crippen molar-refractivity contribution < 1.29 is 24.0 Å². The second-order valence-electron chi connectivity index (χ2n) is 11.3. The molecule has 0 bridgehead atoms. The fourth-order valence-corrected chi connectivity index (χ4v) is 7.66. The van der Waals surface area contributed by atoms with E-state index in [1.165, 1.54) is 17.1 Å². The van der Waals surface area contributed by atoms with E-state index in [2.05, 4.69) is 28.2 Å². The summed E-state index contributed by atoms with van der Waals surface area (Å²) in [7, 11) is 0. The number of amides is 6. The number of thioether (sulfide) groups is 1. The number of imide groups is 1. The summed E-state index contributed by atoms with van der Waals surface area (Å²) >= 11 is 1.90. The molecule has 1 unspecified atom stereocenters. The van der Waals surface area contributed by atoms with E-state index in [1.54, 1.807) is 0 Å². The predicted molar refractivity (Wildman–Crippen MR) is 150 cm³/mol. The fraction of sp³-hybridized carbons (Fsp3) is 0.750. The van der Waals surface area contributed by atoms with Crippen LogP contribution in [0.3, 0.4) is 0 Å². The van der Waals surface area contributed by atoms with E-state index in [9.17, 15) is 24.0 Å². The molecule has 6 amide bonds. The van der Waals surface area contributed by atoms with E-state index in [-0.39, 0.29) is 59.6 Å². The highest BCUT2D eigenvalue weighted by molar-refractivity contribution is 8.00. The summed E-state index contributed by atoms with van der Waals surface area (Å²) < 4.78 is 0. The largest absolute Gasteiger partial charge is 0.356 e. The Hall–Kier alpha value is -2.56. The summed E-state index contributed by atoms with van der Waals surface area (Å²) in [5.74, 6) is 0.887. The van der Waals surface area contributed by atoms with E-state index in [0.29, 0.717) is 24.8 Å². The van der Waals surface area contributed by atoms with Crippen molar-refractivity contribution in [2.75, 3.05) is 18.8 Å². The molecular weight excluding hydrogens is 518 g/mol. The summed E-state index contributed by atoms with van der Waals surface area (Å²) in [6.07, 6.45) is 11.7. The van der Waals surface area contributed by atoms with Gasteiger partial charge in [-0.25, -0.2) is 4.79 Å². The second-order valence-corrected chi connectivity index (χ2v) is 12.6. The lowest BCUT2D eigenvalue weighted by molar-refractivity contribution is -0.138. The number of nitrogens with one attached hydrogen (secondary N) is 4. The first-order chi connectivity index (χ1) is 18.8. The van der Waals surface area contributed by atoms with Crippen molar-refractivity contribution in [1.82, 2.24) is 26.2 Å². The monoisotopic (exact) mass is 561 g/mol. The Morgan fingerprint density at radius 2 is 1.79 bits per heavy atom. The molecule has 3 heterocycles. The van der Waals surface area contributed by atoms with E-state index in [1.807, 2.05) is 11.8 Å². The molecule has 0 aromatic rings. The Bertz CT molecular complexity index is 933. The van der Waals surface area contributed by atoms with Crippen molar-refractivity contribution in [2.45, 2.75) is 101 Å². The molecule has 0 aromatic heterocycles. The zero-order valence-electron chi connectivity index (χ0n) is 22.9. The molecule has 4 atom stereocenters. The molecule has 3 fully saturated rings. The number of rotatable bonds is 14. The number of carbonyl (C=O) groups excluding carboxylic acids is 5. The van der Waals surface area contributed by atoms with Gasteiger partial charge in [-0.1, -0.05) is 13.3 Å². The SMILES string of the molecule is CCC(CCCNC(=O)CCCC[C@H]1SC[C@H]2NC(=O)N[C@@H]21)NC(=O)C1CCC(CN2C(=O)C=CC2=O)CC1. The molecule has 216 valence electrons. The van der Waals surface area contributed by atoms with Gasteiger partial charge in [0.05, 0.1) is 12.1 Å². The zero-order valence-corrected chi connectivity index (χ0v) is 23.7. The highest BCUT2D eigenvalue weighted by atomic mass is 32.2. The minimum atomic E-state index is -0.238. The van der Waals surface area contributed by atoms with Crippen LogP contribution in [0.4, 0.5) is 4.79 Å². The Morgan fingerprint density at radius 1 is 1.05 bits per heavy atom. The van der Waals surface area contributed by atoms with Crippen LogP contribution in [0.5, 0.6) is 0 Å². The van der Waals surface area contributed by atoms with Gasteiger partial charge >= 0.3 is 6.03 Å². The summed E-state index contributed by atoms with van der Waals surface area (Å²) in [5.41, 5.74) is 0. The van der Waals surface area contributed by atoms with Crippen molar-refractivity contribution in [3.8, 4) is 0 Å². The molecule has 2 saturated heterocycles. The maximum Gasteiger partial charge on any atom is 0.315 e. The number of urea groups is 1. The minimum absolute atomic E-state index is 0.0205. The predicted octanol–water partition coefficient (Wildman–Crippen LogP) is 2.23. The number of nitrogens with zero attached hydrogens (tertiary/aromatic N) is 1. The van der Waals surface area contributed by atoms with Gasteiger partial charge in [0.25, 0.3) is 11.8 Å². The summed E-state index contributed by atoms with van der Waals surface area (Å²) in [5, 5.41) is 12.6. The average molecular weight is 562 g/mol. The van der Waals surface area contributed by atoms with Crippen molar-refractivity contribution >= 4 is 41.4 Å². The highest BCUT2D eigenvalue weighted by Gasteiger charge is 2.42. The van der Waals surface area contributed by atoms with Gasteiger partial charge in [-0.05, 0) is 63.7 Å². The summed E-state index contributed by atoms with van der Waals surface area (Å²) in [4.78, 5) is 61.5. The van der Waals surface area contributed by atoms with Crippen LogP contribution >= 0.6 is 11.8 Å². The molecule has 4 N–H and O–H groups in total. The quantitative estimate of drug-likeness (QED) is 0.146. The van der Waals surface area contributed by atoms with Crippen LogP contribution in [-0.2, 0) is 19.2 Å². The molecule has 3 aliphatic heterocycles. The Kier molecular flexibility index (Phi) is 10.7. The standard InChI is InChI=1S/C28H43N5O5S/c1-2-20(30-27(37)19-11-9-18(10-12-19)16-33-24(35)13-14-25(33)36)6-5-15-29-23(34)8-4-3-7-22-26-21(17-39-22)31-28(38)32-26/h13-14,18-22,26H,2-12,15-17H2,1H3,(H,29,34)(H,30,37)(H2,31,32,38)/t18?,19?,20?,21-,22-,26+/m1/s1. The molecule has 0 radical (unpaired) electrons. The maximum absolute atomic E-state index is 12.8. The van der Waals surface area contributed by atoms with E-state index < -0.39 is 0 Å². The number of fused-ring (bicyclic) bond motifs is 1. The van der Waals surface area contributed by atoms with Crippen molar-refractivity contribution in [2.24, 2.45) is 11.8 Å². The van der Waals surface area contributed by atoms with Gasteiger partial charge in [-0.15, -0.1) is 0 Å². The van der Waals surface area contributed by atoms with Gasteiger partial charge in [-0.3, -0.25) is 24.1 Å². The lowest BCUT2D eigenvalue weighted by Gasteiger charge is -2.31. The van der Waals surface area contributed by atoms with Crippen molar-refractivity contribution in [3.63, 3.8) is 0 Å². The van der Waals surface area contributed by atoms with Crippen LogP contribution in [0.2, 0.25) is 0 Å². The number of carbonyl (C=O) groups is 5. The molecule has 39 heavy (non-hydrogen) atoms. The molecule has 4 rings (SSSR count). The lowest BCUT2D eigenvalue weighted by atomic mass is 9.81. The first-order valence-corrected chi connectivity index (χ1v) is 15.7. The average Bonchev–Trinajstić information content (AvgIpc) is 3.58. The Morgan fingerprint density at radius 3 is 2.51 bits per heavy atom. The van der Waals surface area contributed by atoms with Crippen LogP contribution in [0.15, 0.2) is 12.2 Å². The molecule has 1 saturated carbocycles. The van der Waals surface area contributed by atoms with Crippen molar-refractivity contribution in [3.05, 3.63) is 12.2 Å². The zero-order chi connectivity index (χ0) is 27.8. The van der Waals surface area contributed by atoms with Gasteiger partial charge in [0.15, 0.2) is 0 Å². The number of hydrogen-bond donors (Lipinski definition) is 4. The van der Waals surface area contributed by atoms with Crippen LogP contribution in [0, 0.1) is 11.8 Å². The normalized spacial score (nSPS) is 28.7. The van der Waals surface area contributed by atoms with Crippen LogP contribution in [-0.4, -0.2) is 76.8 Å². The number of unbranched alkanes of at least 4 members (excludes halogenated alkanes) is 1. The lowest BCUT2D eigenvalue weighted by Crippen LogP contribution is -2.41. The third-order valence-electron chi connectivity index (χ3n) is 8.53. The van der Waals surface area contributed by atoms with Gasteiger partial charge in [0, 0.05) is 54.6 Å². The molecule has 0 aromatic carbocycles. The van der Waals surface area contributed by atoms with Gasteiger partial charge < -0.3 is 21.3 Å². The third-order valence-corrected chi connectivity index (χ3v) is 10.0. The summed E-state index contributed by atoms with van der Waals surface area (Å²) in [6, 6.07) is 0.491. The van der Waals surface area contributed by atoms with Crippen molar-refractivity contribution in [1.29, 1.82) is 0 Å². The van der Waals surface area contributed by atoms with E-state index >= 15 is 0 Å². The Labute approximate surface area is 235 Å². The number of hydrogen-bond acceptors (Lipinski definition) is 6. The Balaban J connectivity index is 1.03. The smallest absolute Gasteiger partial charge is 0.315 e. The van der Waals surface area contributed by atoms with Gasteiger partial charge in [0.1, 0.15) is 0 Å². The van der Waals surface area contributed by atoms with Crippen LogP contribution in [0.1, 0.15) is 77.6 Å². The molecule has 10 nitrogen and oxygen atoms in total. The maximum atomic E-state index is 12.8. The van der Waals surface area contributed by atoms with Crippen LogP contribution in [0.25, 0.3) is 0 Å². The van der Waals surface area contributed by atoms with Gasteiger partial charge in [-0.2, -0.15) is 11.8 Å². The highest BCUT2D eigenvalue weighted by Crippen LogP contribution is 2.33. The third kappa shape index (κ3) is 8.22. The summed E-state index contributed by atoms with van der Waals surface area (Å²) in [6.45, 7) is 3.12. The molecule has 11 heteroatoms. The molecule has 0 spiro atoms. The minimum Gasteiger partial charge on any atom is -0.356 e.